The zero-order chi connectivity index (χ0) is 15.5. The molecule has 1 N–H and O–H groups in total. The Kier molecular flexibility index (Phi) is 4.52. The lowest BCUT2D eigenvalue weighted by Crippen LogP contribution is -2.49. The lowest BCUT2D eigenvalue weighted by atomic mass is 9.99. The van der Waals surface area contributed by atoms with Gasteiger partial charge in [-0.05, 0) is 43.4 Å². The summed E-state index contributed by atoms with van der Waals surface area (Å²) in [6, 6.07) is 6.01. The molecule has 5 nitrogen and oxygen atoms in total. The van der Waals surface area contributed by atoms with Gasteiger partial charge >= 0.3 is 5.97 Å². The quantitative estimate of drug-likeness (QED) is 0.875. The molecule has 1 saturated heterocycles. The molecule has 1 heterocycles. The SMILES string of the molecule is COc1cc(CN2CC(C(=O)O)C2)ccc1OC1CCCC1. The first kappa shape index (κ1) is 15.2. The molecule has 1 aliphatic heterocycles. The average Bonchev–Trinajstić information content (AvgIpc) is 2.96. The third-order valence-electron chi connectivity index (χ3n) is 4.54. The molecule has 5 heteroatoms. The van der Waals surface area contributed by atoms with Crippen LogP contribution in [-0.2, 0) is 11.3 Å². The number of carbonyl (C=O) groups is 1. The van der Waals surface area contributed by atoms with Crippen molar-refractivity contribution in [2.45, 2.75) is 38.3 Å². The molecular weight excluding hydrogens is 282 g/mol. The Morgan fingerprint density at radius 1 is 1.27 bits per heavy atom. The van der Waals surface area contributed by atoms with Crippen molar-refractivity contribution < 1.29 is 19.4 Å². The van der Waals surface area contributed by atoms with Crippen LogP contribution in [0.3, 0.4) is 0 Å². The molecule has 120 valence electrons. The van der Waals surface area contributed by atoms with Crippen LogP contribution in [0.25, 0.3) is 0 Å². The summed E-state index contributed by atoms with van der Waals surface area (Å²) in [5.41, 5.74) is 1.12. The van der Waals surface area contributed by atoms with E-state index in [1.165, 1.54) is 12.8 Å². The molecule has 22 heavy (non-hydrogen) atoms. The Bertz CT molecular complexity index is 533. The van der Waals surface area contributed by atoms with E-state index in [1.807, 2.05) is 18.2 Å². The number of carboxylic acid groups (broad SMARTS) is 1. The maximum atomic E-state index is 10.8. The molecule has 1 saturated carbocycles. The molecule has 1 aromatic rings. The summed E-state index contributed by atoms with van der Waals surface area (Å²) in [5.74, 6) is 0.658. The van der Waals surface area contributed by atoms with Gasteiger partial charge in [0.2, 0.25) is 0 Å². The number of nitrogens with zero attached hydrogens (tertiary/aromatic N) is 1. The van der Waals surface area contributed by atoms with Gasteiger partial charge in [-0.2, -0.15) is 0 Å². The molecule has 1 aromatic carbocycles. The van der Waals surface area contributed by atoms with Crippen molar-refractivity contribution >= 4 is 5.97 Å². The van der Waals surface area contributed by atoms with Crippen LogP contribution in [0.4, 0.5) is 0 Å². The molecule has 0 radical (unpaired) electrons. The average molecular weight is 305 g/mol. The topological polar surface area (TPSA) is 59.0 Å². The molecule has 0 unspecified atom stereocenters. The summed E-state index contributed by atoms with van der Waals surface area (Å²) < 4.78 is 11.5. The standard InChI is InChI=1S/C17H23NO4/c1-21-16-8-12(9-18-10-13(11-18)17(19)20)6-7-15(16)22-14-4-2-3-5-14/h6-8,13-14H,2-5,9-11H2,1H3,(H,19,20). The Balaban J connectivity index is 1.60. The summed E-state index contributed by atoms with van der Waals surface area (Å²) in [6.45, 7) is 2.00. The van der Waals surface area contributed by atoms with Crippen LogP contribution in [-0.4, -0.2) is 42.3 Å². The fraction of sp³-hybridized carbons (Fsp3) is 0.588. The number of rotatable bonds is 6. The molecular formula is C17H23NO4. The zero-order valence-corrected chi connectivity index (χ0v) is 13.0. The number of carboxylic acids is 1. The molecule has 0 aromatic heterocycles. The maximum absolute atomic E-state index is 10.8. The highest BCUT2D eigenvalue weighted by atomic mass is 16.5. The van der Waals surface area contributed by atoms with Crippen molar-refractivity contribution in [3.8, 4) is 11.5 Å². The number of hydrogen-bond donors (Lipinski definition) is 1. The van der Waals surface area contributed by atoms with E-state index in [1.54, 1.807) is 7.11 Å². The number of likely N-dealkylation sites (tertiary alicyclic amines) is 1. The normalized spacial score (nSPS) is 19.9. The molecule has 2 fully saturated rings. The molecule has 0 bridgehead atoms. The van der Waals surface area contributed by atoms with Gasteiger partial charge in [-0.3, -0.25) is 9.69 Å². The van der Waals surface area contributed by atoms with E-state index >= 15 is 0 Å². The van der Waals surface area contributed by atoms with Crippen molar-refractivity contribution in [2.75, 3.05) is 20.2 Å². The van der Waals surface area contributed by atoms with Gasteiger partial charge in [-0.25, -0.2) is 0 Å². The number of hydrogen-bond acceptors (Lipinski definition) is 4. The van der Waals surface area contributed by atoms with Gasteiger partial charge in [0.1, 0.15) is 0 Å². The lowest BCUT2D eigenvalue weighted by Gasteiger charge is -2.36. The van der Waals surface area contributed by atoms with Crippen LogP contribution in [0.5, 0.6) is 11.5 Å². The molecule has 2 aliphatic rings. The predicted octanol–water partition coefficient (Wildman–Crippen LogP) is 2.53. The number of methoxy groups -OCH3 is 1. The van der Waals surface area contributed by atoms with Gasteiger partial charge in [0, 0.05) is 19.6 Å². The zero-order valence-electron chi connectivity index (χ0n) is 13.0. The highest BCUT2D eigenvalue weighted by molar-refractivity contribution is 5.71. The van der Waals surface area contributed by atoms with E-state index in [0.29, 0.717) is 19.2 Å². The van der Waals surface area contributed by atoms with E-state index in [4.69, 9.17) is 14.6 Å². The van der Waals surface area contributed by atoms with E-state index in [2.05, 4.69) is 4.90 Å². The van der Waals surface area contributed by atoms with Crippen molar-refractivity contribution in [2.24, 2.45) is 5.92 Å². The molecule has 3 rings (SSSR count). The summed E-state index contributed by atoms with van der Waals surface area (Å²) in [7, 11) is 1.66. The monoisotopic (exact) mass is 305 g/mol. The van der Waals surface area contributed by atoms with E-state index in [0.717, 1.165) is 36.4 Å². The minimum absolute atomic E-state index is 0.216. The first-order valence-electron chi connectivity index (χ1n) is 7.94. The Labute approximate surface area is 130 Å². The highest BCUT2D eigenvalue weighted by Gasteiger charge is 2.32. The van der Waals surface area contributed by atoms with Crippen molar-refractivity contribution in [3.05, 3.63) is 23.8 Å². The van der Waals surface area contributed by atoms with Crippen LogP contribution < -0.4 is 9.47 Å². The molecule has 0 spiro atoms. The van der Waals surface area contributed by atoms with E-state index in [9.17, 15) is 4.79 Å². The smallest absolute Gasteiger partial charge is 0.309 e. The van der Waals surface area contributed by atoms with Crippen LogP contribution in [0, 0.1) is 5.92 Å². The summed E-state index contributed by atoms with van der Waals surface area (Å²) in [6.07, 6.45) is 5.03. The molecule has 0 atom stereocenters. The van der Waals surface area contributed by atoms with Crippen molar-refractivity contribution in [3.63, 3.8) is 0 Å². The summed E-state index contributed by atoms with van der Waals surface area (Å²) >= 11 is 0. The highest BCUT2D eigenvalue weighted by Crippen LogP contribution is 2.33. The summed E-state index contributed by atoms with van der Waals surface area (Å²) in [5, 5.41) is 8.91. The van der Waals surface area contributed by atoms with Gasteiger partial charge in [0.25, 0.3) is 0 Å². The summed E-state index contributed by atoms with van der Waals surface area (Å²) in [4.78, 5) is 13.0. The second kappa shape index (κ2) is 6.57. The second-order valence-corrected chi connectivity index (χ2v) is 6.24. The Hall–Kier alpha value is -1.75. The van der Waals surface area contributed by atoms with Gasteiger partial charge in [-0.1, -0.05) is 6.07 Å². The third-order valence-corrected chi connectivity index (χ3v) is 4.54. The van der Waals surface area contributed by atoms with Crippen LogP contribution in [0.2, 0.25) is 0 Å². The lowest BCUT2D eigenvalue weighted by molar-refractivity contribution is -0.147. The Morgan fingerprint density at radius 3 is 2.64 bits per heavy atom. The minimum Gasteiger partial charge on any atom is -0.493 e. The van der Waals surface area contributed by atoms with Crippen molar-refractivity contribution in [1.29, 1.82) is 0 Å². The van der Waals surface area contributed by atoms with Gasteiger partial charge in [0.15, 0.2) is 11.5 Å². The number of aliphatic carboxylic acids is 1. The Morgan fingerprint density at radius 2 is 2.00 bits per heavy atom. The fourth-order valence-electron chi connectivity index (χ4n) is 3.21. The maximum Gasteiger partial charge on any atom is 0.309 e. The third kappa shape index (κ3) is 3.35. The number of benzene rings is 1. The van der Waals surface area contributed by atoms with Crippen LogP contribution >= 0.6 is 0 Å². The minimum atomic E-state index is -0.700. The first-order valence-corrected chi connectivity index (χ1v) is 7.94. The molecule has 0 amide bonds. The van der Waals surface area contributed by atoms with Gasteiger partial charge < -0.3 is 14.6 Å². The number of ether oxygens (including phenoxy) is 2. The first-order chi connectivity index (χ1) is 10.7. The fourth-order valence-corrected chi connectivity index (χ4v) is 3.21. The largest absolute Gasteiger partial charge is 0.493 e. The predicted molar refractivity (Wildman–Crippen MR) is 82.3 cm³/mol. The second-order valence-electron chi connectivity index (χ2n) is 6.24. The van der Waals surface area contributed by atoms with Crippen LogP contribution in [0.1, 0.15) is 31.2 Å². The van der Waals surface area contributed by atoms with Gasteiger partial charge in [-0.15, -0.1) is 0 Å². The van der Waals surface area contributed by atoms with E-state index < -0.39 is 5.97 Å². The van der Waals surface area contributed by atoms with E-state index in [-0.39, 0.29) is 5.92 Å². The van der Waals surface area contributed by atoms with Crippen molar-refractivity contribution in [1.82, 2.24) is 4.90 Å². The van der Waals surface area contributed by atoms with Crippen LogP contribution in [0.15, 0.2) is 18.2 Å². The molecule has 1 aliphatic carbocycles. The van der Waals surface area contributed by atoms with Gasteiger partial charge in [0.05, 0.1) is 19.1 Å².